The van der Waals surface area contributed by atoms with Crippen molar-refractivity contribution < 1.29 is 0 Å². The largest absolute Gasteiger partial charge is 0.315 e. The molecule has 17 aromatic carbocycles. The van der Waals surface area contributed by atoms with Crippen LogP contribution in [0, 0.1) is 0 Å². The van der Waals surface area contributed by atoms with Crippen LogP contribution in [0.5, 0.6) is 0 Å². The summed E-state index contributed by atoms with van der Waals surface area (Å²) in [6.45, 7) is 17.1. The molecule has 3 heteroatoms. The van der Waals surface area contributed by atoms with Crippen molar-refractivity contribution in [3.8, 4) is 111 Å². The predicted molar refractivity (Wildman–Crippen MR) is 583 cm³/mol. The third-order valence-electron chi connectivity index (χ3n) is 26.5. The van der Waals surface area contributed by atoms with E-state index in [-0.39, 0.29) is 5.41 Å². The molecule has 0 heterocycles. The molecule has 0 spiro atoms. The van der Waals surface area contributed by atoms with E-state index in [4.69, 9.17) is 0 Å². The molecule has 0 bridgehead atoms. The first-order valence-electron chi connectivity index (χ1n) is 47.8. The van der Waals surface area contributed by atoms with Crippen molar-refractivity contribution in [3.63, 3.8) is 0 Å². The van der Waals surface area contributed by atoms with Crippen LogP contribution in [0.3, 0.4) is 0 Å². The van der Waals surface area contributed by atoms with Crippen LogP contribution in [0.15, 0.2) is 545 Å². The maximum Gasteiger partial charge on any atom is 0.0468 e. The molecule has 0 fully saturated rings. The fourth-order valence-corrected chi connectivity index (χ4v) is 19.4. The topological polar surface area (TPSA) is 9.72 Å². The highest BCUT2D eigenvalue weighted by molar-refractivity contribution is 5.97. The second-order valence-corrected chi connectivity index (χ2v) is 35.6. The van der Waals surface area contributed by atoms with Gasteiger partial charge in [0.05, 0.1) is 0 Å². The molecule has 3 aliphatic carbocycles. The summed E-state index contributed by atoms with van der Waals surface area (Å²) in [7, 11) is 0. The van der Waals surface area contributed by atoms with Gasteiger partial charge in [0.25, 0.3) is 0 Å². The van der Waals surface area contributed by atoms with Crippen molar-refractivity contribution in [2.24, 2.45) is 0 Å². The standard InChI is InChI=1S/C57H43N.C40H39N.C36H33N/c1-57(2)55-25-15-14-24-52(55)53-36-30-45(38-56(53)57)49-22-12-13-23-50(49)51-37-35-48(39-54(51)44-20-10-5-11-21-44)58(46-31-26-42(27-32-46)40-16-6-3-7-17-40)47-33-28-43(29-34-47)41-18-8-4-9-19-41;1-4-6-15-31(3)41(37-25-23-34(24-26-37)33-18-10-8-11-19-33)38-27-28-39(40(30-38)35-20-12-9-13-21-35)36-22-14-17-32(29-36)16-7-5-2;1-3-4-14-28(2)37(33-23-21-30(22-24-33)29-15-8-5-9-16-29)34-25-26-35(31-17-10-6-11-18-31)36(27-34)32-19-12-7-13-20-32/h3-39H,1-2H3;4-6,8-15,17-23,25-30,34H,2,7,16,24H2,1,3H3;3-21,23-27,30H,22H2,1-2H3/b;6-4-,31-15+;4-3-,28-14+. The molecule has 0 N–H and O–H groups in total. The van der Waals surface area contributed by atoms with E-state index in [1.165, 1.54) is 162 Å². The van der Waals surface area contributed by atoms with Crippen molar-refractivity contribution in [2.75, 3.05) is 14.7 Å². The van der Waals surface area contributed by atoms with E-state index in [9.17, 15) is 0 Å². The van der Waals surface area contributed by atoms with Gasteiger partial charge in [-0.3, -0.25) is 0 Å². The van der Waals surface area contributed by atoms with Gasteiger partial charge in [0.15, 0.2) is 0 Å². The molecule has 17 aromatic rings. The maximum atomic E-state index is 3.90. The molecular weight excluding hydrogens is 1640 g/mol. The molecular formula is C133H115N3. The molecule has 662 valence electrons. The molecule has 0 aromatic heterocycles. The summed E-state index contributed by atoms with van der Waals surface area (Å²) in [6.07, 6.45) is 32.7. The minimum atomic E-state index is -0.0736. The lowest BCUT2D eigenvalue weighted by Gasteiger charge is -2.30. The van der Waals surface area contributed by atoms with Gasteiger partial charge in [0, 0.05) is 68.5 Å². The summed E-state index contributed by atoms with van der Waals surface area (Å²) < 4.78 is 0. The second kappa shape index (κ2) is 43.0. The van der Waals surface area contributed by atoms with Crippen molar-refractivity contribution >= 4 is 28.4 Å². The Bertz CT molecular complexity index is 7160. The van der Waals surface area contributed by atoms with Crippen molar-refractivity contribution in [1.29, 1.82) is 0 Å². The Morgan fingerprint density at radius 1 is 0.294 bits per heavy atom. The molecule has 2 atom stereocenters. The lowest BCUT2D eigenvalue weighted by Crippen LogP contribution is -2.21. The van der Waals surface area contributed by atoms with Crippen LogP contribution in [0.1, 0.15) is 100 Å². The molecule has 0 aliphatic heterocycles. The predicted octanol–water partition coefficient (Wildman–Crippen LogP) is 36.8. The molecule has 0 saturated carbocycles. The van der Waals surface area contributed by atoms with Gasteiger partial charge >= 0.3 is 0 Å². The highest BCUT2D eigenvalue weighted by Crippen LogP contribution is 2.52. The first-order chi connectivity index (χ1) is 66.9. The summed E-state index contributed by atoms with van der Waals surface area (Å²) in [5.74, 6) is 0.809. The van der Waals surface area contributed by atoms with Crippen LogP contribution in [-0.2, 0) is 11.8 Å². The average molecular weight is 1760 g/mol. The van der Waals surface area contributed by atoms with Gasteiger partial charge in [-0.1, -0.05) is 439 Å². The third kappa shape index (κ3) is 20.5. The quantitative estimate of drug-likeness (QED) is 0.0417. The second-order valence-electron chi connectivity index (χ2n) is 35.6. The van der Waals surface area contributed by atoms with E-state index < -0.39 is 0 Å². The van der Waals surface area contributed by atoms with Gasteiger partial charge in [-0.25, -0.2) is 0 Å². The van der Waals surface area contributed by atoms with Crippen LogP contribution < -0.4 is 14.7 Å². The van der Waals surface area contributed by atoms with Crippen molar-refractivity contribution in [3.05, 3.63) is 573 Å². The number of rotatable bonds is 25. The van der Waals surface area contributed by atoms with Gasteiger partial charge in [-0.15, -0.1) is 6.58 Å². The molecule has 0 saturated heterocycles. The Balaban J connectivity index is 0.000000141. The first-order valence-corrected chi connectivity index (χ1v) is 47.8. The Hall–Kier alpha value is -16.2. The van der Waals surface area contributed by atoms with Crippen molar-refractivity contribution in [2.45, 2.75) is 84.5 Å². The lowest BCUT2D eigenvalue weighted by atomic mass is 9.81. The van der Waals surface area contributed by atoms with Crippen LogP contribution in [0.25, 0.3) is 111 Å². The SMILES string of the molecule is C/C=C\C=C(/C)N(C1=CCC(c2ccccc2)C=C1)c1ccc(-c2ccccc2)c(-c2ccccc2)c1.C=CCCc1cccc(-c2ccc(N(C3=CCC(c4ccccc4)C=C3)/C(C)=C/C=C\C)cc2-c2ccccc2)c1.CC1(C)c2ccccc2-c2ccc(-c3ccccc3-c3ccc(N(c4ccc(-c5ccccc5)cc4)c4ccc(-c5ccccc5)cc4)cc3-c3ccccc3)cc21. The number of hydrogen-bond donors (Lipinski definition) is 0. The van der Waals surface area contributed by atoms with Gasteiger partial charge in [-0.05, 0) is 283 Å². The summed E-state index contributed by atoms with van der Waals surface area (Å²) in [5, 5.41) is 0. The van der Waals surface area contributed by atoms with E-state index in [0.717, 1.165) is 54.1 Å². The Morgan fingerprint density at radius 2 is 0.618 bits per heavy atom. The molecule has 0 amide bonds. The van der Waals surface area contributed by atoms with E-state index in [2.05, 4.69) is 573 Å². The molecule has 0 radical (unpaired) electrons. The number of aryl methyl sites for hydroxylation is 1. The third-order valence-corrected chi connectivity index (χ3v) is 26.5. The van der Waals surface area contributed by atoms with E-state index in [1.54, 1.807) is 0 Å². The number of benzene rings is 17. The lowest BCUT2D eigenvalue weighted by molar-refractivity contribution is 0.660. The van der Waals surface area contributed by atoms with E-state index in [0.29, 0.717) is 11.8 Å². The zero-order chi connectivity index (χ0) is 92.9. The highest BCUT2D eigenvalue weighted by atomic mass is 15.2. The number of anilines is 5. The Morgan fingerprint density at radius 3 is 1.07 bits per heavy atom. The number of allylic oxidation sites excluding steroid dienone is 15. The van der Waals surface area contributed by atoms with Gasteiger partial charge in [-0.2, -0.15) is 0 Å². The Labute approximate surface area is 806 Å². The number of fused-ring (bicyclic) bond motifs is 3. The van der Waals surface area contributed by atoms with Crippen LogP contribution >= 0.6 is 0 Å². The number of hydrogen-bond acceptors (Lipinski definition) is 3. The molecule has 2 unspecified atom stereocenters. The zero-order valence-electron chi connectivity index (χ0n) is 78.6. The molecule has 136 heavy (non-hydrogen) atoms. The van der Waals surface area contributed by atoms with Gasteiger partial charge in [0.1, 0.15) is 0 Å². The van der Waals surface area contributed by atoms with E-state index in [1.807, 2.05) is 6.08 Å². The zero-order valence-corrected chi connectivity index (χ0v) is 78.6. The van der Waals surface area contributed by atoms with E-state index >= 15 is 0 Å². The summed E-state index contributed by atoms with van der Waals surface area (Å²) in [4.78, 5) is 7.14. The Kier molecular flexibility index (Phi) is 28.6. The fourth-order valence-electron chi connectivity index (χ4n) is 19.4. The van der Waals surface area contributed by atoms with Crippen LogP contribution in [0.2, 0.25) is 0 Å². The fraction of sp³-hybridized carbons (Fsp3) is 0.0977. The highest BCUT2D eigenvalue weighted by Gasteiger charge is 2.36. The maximum absolute atomic E-state index is 3.90. The average Bonchev–Trinajstić information content (AvgIpc) is 1.57. The minimum absolute atomic E-state index is 0.0736. The monoisotopic (exact) mass is 1750 g/mol. The van der Waals surface area contributed by atoms with Gasteiger partial charge in [0.2, 0.25) is 0 Å². The molecule has 3 aliphatic rings. The smallest absolute Gasteiger partial charge is 0.0468 e. The summed E-state index contributed by atoms with van der Waals surface area (Å²) in [6, 6.07) is 158. The molecule has 20 rings (SSSR count). The molecule has 3 nitrogen and oxygen atoms in total. The van der Waals surface area contributed by atoms with Crippen LogP contribution in [0.4, 0.5) is 28.4 Å². The van der Waals surface area contributed by atoms with Gasteiger partial charge < -0.3 is 14.7 Å². The number of nitrogens with zero attached hydrogens (tertiary/aromatic N) is 3. The summed E-state index contributed by atoms with van der Waals surface area (Å²) >= 11 is 0. The normalized spacial score (nSPS) is 14.1. The van der Waals surface area contributed by atoms with Crippen LogP contribution in [-0.4, -0.2) is 0 Å². The minimum Gasteiger partial charge on any atom is -0.315 e. The van der Waals surface area contributed by atoms with Crippen molar-refractivity contribution in [1.82, 2.24) is 0 Å². The first kappa shape index (κ1) is 90.3. The summed E-state index contributed by atoms with van der Waals surface area (Å²) in [5.41, 5.74) is 41.7.